The van der Waals surface area contributed by atoms with Crippen molar-refractivity contribution in [2.24, 2.45) is 0 Å². The third-order valence-corrected chi connectivity index (χ3v) is 3.74. The summed E-state index contributed by atoms with van der Waals surface area (Å²) in [6.45, 7) is 1.67. The Labute approximate surface area is 117 Å². The fourth-order valence-corrected chi connectivity index (χ4v) is 2.56. The van der Waals surface area contributed by atoms with Gasteiger partial charge in [0.1, 0.15) is 12.2 Å². The molecular weight excluding hydrogens is 264 g/mol. The number of carbonyl (C=O) groups excluding carboxylic acids is 2. The highest BCUT2D eigenvalue weighted by Crippen LogP contribution is 2.11. The highest BCUT2D eigenvalue weighted by molar-refractivity contribution is 5.78. The second-order valence-electron chi connectivity index (χ2n) is 5.36. The molecule has 7 heteroatoms. The Bertz CT molecular complexity index is 363. The summed E-state index contributed by atoms with van der Waals surface area (Å²) in [6, 6.07) is -0.570. The van der Waals surface area contributed by atoms with Gasteiger partial charge in [-0.15, -0.1) is 0 Å². The highest BCUT2D eigenvalue weighted by Gasteiger charge is 2.32. The molecule has 7 nitrogen and oxygen atoms in total. The van der Waals surface area contributed by atoms with Gasteiger partial charge in [-0.2, -0.15) is 0 Å². The first-order valence-corrected chi connectivity index (χ1v) is 7.09. The van der Waals surface area contributed by atoms with Crippen LogP contribution in [0, 0.1) is 0 Å². The van der Waals surface area contributed by atoms with Crippen LogP contribution in [0.15, 0.2) is 0 Å². The molecule has 0 saturated carbocycles. The number of rotatable bonds is 5. The normalized spacial score (nSPS) is 30.6. The van der Waals surface area contributed by atoms with E-state index in [1.807, 2.05) is 0 Å². The second kappa shape index (κ2) is 7.01. The highest BCUT2D eigenvalue weighted by atomic mass is 16.5. The molecule has 2 aliphatic heterocycles. The molecule has 114 valence electrons. The van der Waals surface area contributed by atoms with E-state index in [1.165, 1.54) is 0 Å². The molecule has 0 aromatic rings. The second-order valence-corrected chi connectivity index (χ2v) is 5.36. The van der Waals surface area contributed by atoms with E-state index >= 15 is 0 Å². The molecule has 0 bridgehead atoms. The predicted octanol–water partition coefficient (Wildman–Crippen LogP) is -1.37. The maximum atomic E-state index is 11.8. The van der Waals surface area contributed by atoms with E-state index < -0.39 is 18.2 Å². The van der Waals surface area contributed by atoms with Gasteiger partial charge in [-0.25, -0.2) is 0 Å². The van der Waals surface area contributed by atoms with Crippen LogP contribution in [0.2, 0.25) is 0 Å². The molecule has 3 N–H and O–H groups in total. The number of ether oxygens (including phenoxy) is 1. The average Bonchev–Trinajstić information content (AvgIpc) is 2.81. The molecule has 2 rings (SSSR count). The smallest absolute Gasteiger partial charge is 0.222 e. The molecule has 0 unspecified atom stereocenters. The minimum atomic E-state index is -0.993. The lowest BCUT2D eigenvalue weighted by atomic mass is 10.0. The average molecular weight is 286 g/mol. The molecule has 0 aromatic heterocycles. The summed E-state index contributed by atoms with van der Waals surface area (Å²) in [5.41, 5.74) is 0. The van der Waals surface area contributed by atoms with Gasteiger partial charge in [0.2, 0.25) is 11.8 Å². The van der Waals surface area contributed by atoms with Crippen LogP contribution in [0.5, 0.6) is 0 Å². The first-order chi connectivity index (χ1) is 9.58. The van der Waals surface area contributed by atoms with Crippen molar-refractivity contribution in [2.75, 3.05) is 26.3 Å². The summed E-state index contributed by atoms with van der Waals surface area (Å²) >= 11 is 0. The maximum Gasteiger partial charge on any atom is 0.222 e. The monoisotopic (exact) mass is 286 g/mol. The lowest BCUT2D eigenvalue weighted by molar-refractivity contribution is -0.132. The van der Waals surface area contributed by atoms with Crippen LogP contribution in [0.4, 0.5) is 0 Å². The lowest BCUT2D eigenvalue weighted by Crippen LogP contribution is -2.55. The molecule has 2 saturated heterocycles. The van der Waals surface area contributed by atoms with E-state index in [0.717, 1.165) is 13.0 Å². The third-order valence-electron chi connectivity index (χ3n) is 3.74. The number of aliphatic hydroxyl groups is 2. The molecule has 0 aliphatic carbocycles. The van der Waals surface area contributed by atoms with Gasteiger partial charge >= 0.3 is 0 Å². The Morgan fingerprint density at radius 2 is 2.20 bits per heavy atom. The summed E-state index contributed by atoms with van der Waals surface area (Å²) in [7, 11) is 0. The standard InChI is InChI=1S/C13H22N2O5/c16-10-8-20-7-9(13(10)19)14-11(17)3-1-5-15-6-2-4-12(15)18/h9-10,13,16,19H,1-8H2,(H,14,17)/t9-,10-,13+/m1/s1. The van der Waals surface area contributed by atoms with Gasteiger partial charge < -0.3 is 25.2 Å². The van der Waals surface area contributed by atoms with Crippen molar-refractivity contribution < 1.29 is 24.5 Å². The van der Waals surface area contributed by atoms with E-state index in [0.29, 0.717) is 25.8 Å². The van der Waals surface area contributed by atoms with Crippen molar-refractivity contribution in [3.05, 3.63) is 0 Å². The number of hydrogen-bond acceptors (Lipinski definition) is 5. The van der Waals surface area contributed by atoms with Crippen LogP contribution in [0.3, 0.4) is 0 Å². The van der Waals surface area contributed by atoms with Gasteiger partial charge in [0.15, 0.2) is 0 Å². The van der Waals surface area contributed by atoms with E-state index in [2.05, 4.69) is 5.32 Å². The van der Waals surface area contributed by atoms with Crippen LogP contribution < -0.4 is 5.32 Å². The predicted molar refractivity (Wildman–Crippen MR) is 69.8 cm³/mol. The number of nitrogens with zero attached hydrogens (tertiary/aromatic N) is 1. The molecule has 0 aromatic carbocycles. The summed E-state index contributed by atoms with van der Waals surface area (Å²) in [5, 5.41) is 21.8. The summed E-state index contributed by atoms with van der Waals surface area (Å²) in [4.78, 5) is 24.9. The van der Waals surface area contributed by atoms with E-state index in [1.54, 1.807) is 4.90 Å². The molecule has 0 radical (unpaired) electrons. The first kappa shape index (κ1) is 15.2. The van der Waals surface area contributed by atoms with Crippen molar-refractivity contribution in [1.82, 2.24) is 10.2 Å². The van der Waals surface area contributed by atoms with Crippen LogP contribution in [0.25, 0.3) is 0 Å². The van der Waals surface area contributed by atoms with Gasteiger partial charge in [-0.3, -0.25) is 9.59 Å². The van der Waals surface area contributed by atoms with Crippen LogP contribution in [-0.2, 0) is 14.3 Å². The van der Waals surface area contributed by atoms with Crippen molar-refractivity contribution >= 4 is 11.8 Å². The van der Waals surface area contributed by atoms with Gasteiger partial charge in [-0.1, -0.05) is 0 Å². The van der Waals surface area contributed by atoms with Crippen molar-refractivity contribution in [3.8, 4) is 0 Å². The number of hydrogen-bond donors (Lipinski definition) is 3. The Morgan fingerprint density at radius 1 is 1.40 bits per heavy atom. The zero-order chi connectivity index (χ0) is 14.5. The fourth-order valence-electron chi connectivity index (χ4n) is 2.56. The number of amides is 2. The van der Waals surface area contributed by atoms with Gasteiger partial charge in [0.05, 0.1) is 19.3 Å². The van der Waals surface area contributed by atoms with E-state index in [9.17, 15) is 19.8 Å². The van der Waals surface area contributed by atoms with Crippen molar-refractivity contribution in [3.63, 3.8) is 0 Å². The number of carbonyl (C=O) groups is 2. The molecule has 2 aliphatic rings. The summed E-state index contributed by atoms with van der Waals surface area (Å²) < 4.78 is 5.09. The van der Waals surface area contributed by atoms with Gasteiger partial charge in [0, 0.05) is 25.9 Å². The largest absolute Gasteiger partial charge is 0.388 e. The SMILES string of the molecule is O=C(CCCN1CCCC1=O)N[C@@H]1COC[C@@H](O)[C@H]1O. The third kappa shape index (κ3) is 3.91. The zero-order valence-electron chi connectivity index (χ0n) is 11.5. The molecule has 2 heterocycles. The fraction of sp³-hybridized carbons (Fsp3) is 0.846. The van der Waals surface area contributed by atoms with E-state index in [-0.39, 0.29) is 25.0 Å². The topological polar surface area (TPSA) is 99.1 Å². The molecule has 0 spiro atoms. The van der Waals surface area contributed by atoms with Gasteiger partial charge in [-0.05, 0) is 12.8 Å². The minimum absolute atomic E-state index is 0.0879. The van der Waals surface area contributed by atoms with Crippen molar-refractivity contribution in [1.29, 1.82) is 0 Å². The Hall–Kier alpha value is -1.18. The quantitative estimate of drug-likeness (QED) is 0.579. The van der Waals surface area contributed by atoms with Crippen LogP contribution >= 0.6 is 0 Å². The van der Waals surface area contributed by atoms with Crippen LogP contribution in [0.1, 0.15) is 25.7 Å². The minimum Gasteiger partial charge on any atom is -0.388 e. The molecule has 2 fully saturated rings. The van der Waals surface area contributed by atoms with Gasteiger partial charge in [0.25, 0.3) is 0 Å². The first-order valence-electron chi connectivity index (χ1n) is 7.09. The van der Waals surface area contributed by atoms with E-state index in [4.69, 9.17) is 4.74 Å². The summed E-state index contributed by atoms with van der Waals surface area (Å²) in [5.74, 6) is -0.0389. The number of nitrogens with one attached hydrogen (secondary N) is 1. The molecule has 20 heavy (non-hydrogen) atoms. The Kier molecular flexibility index (Phi) is 5.33. The molecular formula is C13H22N2O5. The van der Waals surface area contributed by atoms with Crippen LogP contribution in [-0.4, -0.2) is 71.5 Å². The zero-order valence-corrected chi connectivity index (χ0v) is 11.5. The molecule has 2 amide bonds. The molecule has 3 atom stereocenters. The van der Waals surface area contributed by atoms with Crippen molar-refractivity contribution in [2.45, 2.75) is 43.9 Å². The summed E-state index contributed by atoms with van der Waals surface area (Å²) in [6.07, 6.45) is 0.445. The Morgan fingerprint density at radius 3 is 2.90 bits per heavy atom. The number of aliphatic hydroxyl groups excluding tert-OH is 2. The lowest BCUT2D eigenvalue weighted by Gasteiger charge is -2.32. The number of likely N-dealkylation sites (tertiary alicyclic amines) is 1. The Balaban J connectivity index is 1.66. The maximum absolute atomic E-state index is 11.8.